The molecule has 1 amide bonds. The van der Waals surface area contributed by atoms with Crippen molar-refractivity contribution >= 4 is 34.8 Å². The molecule has 1 aromatic carbocycles. The molecule has 6 heteroatoms. The zero-order chi connectivity index (χ0) is 14.0. The fourth-order valence-corrected chi connectivity index (χ4v) is 1.97. The molecular formula is C13H9Cl2FN2O. The van der Waals surface area contributed by atoms with E-state index in [0.717, 1.165) is 6.07 Å². The van der Waals surface area contributed by atoms with Crippen LogP contribution >= 0.6 is 23.2 Å². The number of nitrogens with zero attached hydrogens (tertiary/aromatic N) is 1. The van der Waals surface area contributed by atoms with E-state index in [4.69, 9.17) is 23.2 Å². The zero-order valence-electron chi connectivity index (χ0n) is 9.88. The minimum absolute atomic E-state index is 0.0528. The van der Waals surface area contributed by atoms with Crippen molar-refractivity contribution in [3.05, 3.63) is 57.6 Å². The number of amides is 1. The van der Waals surface area contributed by atoms with Gasteiger partial charge in [0, 0.05) is 0 Å². The number of anilines is 1. The molecule has 0 aliphatic carbocycles. The Morgan fingerprint density at radius 3 is 2.63 bits per heavy atom. The molecular weight excluding hydrogens is 290 g/mol. The molecule has 0 bridgehead atoms. The summed E-state index contributed by atoms with van der Waals surface area (Å²) in [5.41, 5.74) is 1.30. The van der Waals surface area contributed by atoms with Gasteiger partial charge in [-0.25, -0.2) is 9.37 Å². The van der Waals surface area contributed by atoms with Crippen LogP contribution in [0.4, 0.5) is 10.1 Å². The van der Waals surface area contributed by atoms with Gasteiger partial charge < -0.3 is 5.32 Å². The summed E-state index contributed by atoms with van der Waals surface area (Å²) in [5, 5.41) is 3.04. The van der Waals surface area contributed by atoms with Crippen LogP contribution in [0.2, 0.25) is 10.2 Å². The first kappa shape index (κ1) is 13.8. The van der Waals surface area contributed by atoms with Crippen LogP contribution in [-0.2, 0) is 0 Å². The van der Waals surface area contributed by atoms with Gasteiger partial charge in [-0.1, -0.05) is 23.2 Å². The number of hydrogen-bond donors (Lipinski definition) is 1. The summed E-state index contributed by atoms with van der Waals surface area (Å²) >= 11 is 11.5. The summed E-state index contributed by atoms with van der Waals surface area (Å²) in [6.07, 6.45) is 0. The van der Waals surface area contributed by atoms with Gasteiger partial charge in [0.15, 0.2) is 0 Å². The van der Waals surface area contributed by atoms with Gasteiger partial charge in [0.1, 0.15) is 11.0 Å². The predicted molar refractivity (Wildman–Crippen MR) is 73.3 cm³/mol. The van der Waals surface area contributed by atoms with E-state index >= 15 is 0 Å². The molecule has 0 radical (unpaired) electrons. The molecule has 3 nitrogen and oxygen atoms in total. The van der Waals surface area contributed by atoms with Crippen molar-refractivity contribution in [2.75, 3.05) is 5.32 Å². The number of rotatable bonds is 2. The first-order valence-corrected chi connectivity index (χ1v) is 6.12. The largest absolute Gasteiger partial charge is 0.320 e. The van der Waals surface area contributed by atoms with Gasteiger partial charge >= 0.3 is 0 Å². The lowest BCUT2D eigenvalue weighted by molar-refractivity contribution is 0.102. The van der Waals surface area contributed by atoms with E-state index < -0.39 is 11.7 Å². The highest BCUT2D eigenvalue weighted by Gasteiger charge is 2.12. The number of carbonyl (C=O) groups excluding carboxylic acids is 1. The molecule has 98 valence electrons. The van der Waals surface area contributed by atoms with E-state index in [1.54, 1.807) is 19.1 Å². The average Bonchev–Trinajstić information content (AvgIpc) is 2.32. The Hall–Kier alpha value is -1.65. The van der Waals surface area contributed by atoms with Crippen LogP contribution in [0.5, 0.6) is 0 Å². The smallest absolute Gasteiger partial charge is 0.257 e. The second-order valence-electron chi connectivity index (χ2n) is 3.85. The summed E-state index contributed by atoms with van der Waals surface area (Å²) in [6, 6.07) is 6.79. The monoisotopic (exact) mass is 298 g/mol. The lowest BCUT2D eigenvalue weighted by Gasteiger charge is -2.09. The van der Waals surface area contributed by atoms with Crippen molar-refractivity contribution < 1.29 is 9.18 Å². The Bertz CT molecular complexity index is 647. The Morgan fingerprint density at radius 2 is 2.00 bits per heavy atom. The number of aryl methyl sites for hydroxylation is 1. The third kappa shape index (κ3) is 3.22. The molecule has 19 heavy (non-hydrogen) atoms. The molecule has 1 aromatic heterocycles. The van der Waals surface area contributed by atoms with Crippen LogP contribution in [0, 0.1) is 12.7 Å². The van der Waals surface area contributed by atoms with Gasteiger partial charge in [0.05, 0.1) is 22.0 Å². The van der Waals surface area contributed by atoms with Gasteiger partial charge in [-0.2, -0.15) is 0 Å². The number of aromatic nitrogens is 1. The highest BCUT2D eigenvalue weighted by molar-refractivity contribution is 6.34. The van der Waals surface area contributed by atoms with Gasteiger partial charge in [-0.3, -0.25) is 4.79 Å². The number of halogens is 3. The van der Waals surface area contributed by atoms with Gasteiger partial charge in [-0.05, 0) is 37.3 Å². The Labute approximate surface area is 119 Å². The van der Waals surface area contributed by atoms with Crippen molar-refractivity contribution in [1.82, 2.24) is 4.98 Å². The summed E-state index contributed by atoms with van der Waals surface area (Å²) in [5.74, 6) is -0.928. The maximum atomic E-state index is 12.9. The van der Waals surface area contributed by atoms with Crippen molar-refractivity contribution in [2.24, 2.45) is 0 Å². The number of hydrogen-bond acceptors (Lipinski definition) is 2. The minimum atomic E-state index is -0.495. The topological polar surface area (TPSA) is 42.0 Å². The maximum Gasteiger partial charge on any atom is 0.257 e. The van der Waals surface area contributed by atoms with Crippen LogP contribution in [0.3, 0.4) is 0 Å². The van der Waals surface area contributed by atoms with E-state index in [1.165, 1.54) is 12.1 Å². The lowest BCUT2D eigenvalue weighted by Crippen LogP contribution is -2.13. The van der Waals surface area contributed by atoms with E-state index in [9.17, 15) is 9.18 Å². The fraction of sp³-hybridized carbons (Fsp3) is 0.0769. The molecule has 0 aliphatic heterocycles. The molecule has 0 atom stereocenters. The minimum Gasteiger partial charge on any atom is -0.320 e. The number of benzene rings is 1. The highest BCUT2D eigenvalue weighted by atomic mass is 35.5. The lowest BCUT2D eigenvalue weighted by atomic mass is 10.2. The number of carbonyl (C=O) groups is 1. The van der Waals surface area contributed by atoms with E-state index in [2.05, 4.69) is 10.3 Å². The number of pyridine rings is 1. The summed E-state index contributed by atoms with van der Waals surface area (Å²) in [6.45, 7) is 1.72. The molecule has 1 N–H and O–H groups in total. The molecule has 0 fully saturated rings. The SMILES string of the molecule is Cc1nc(Cl)ccc1NC(=O)c1ccc(F)cc1Cl. The van der Waals surface area contributed by atoms with Crippen LogP contribution in [0.15, 0.2) is 30.3 Å². The Morgan fingerprint density at radius 1 is 1.26 bits per heavy atom. The summed E-state index contributed by atoms with van der Waals surface area (Å²) < 4.78 is 12.9. The second kappa shape index (κ2) is 5.55. The van der Waals surface area contributed by atoms with Crippen LogP contribution in [0.25, 0.3) is 0 Å². The van der Waals surface area contributed by atoms with E-state index in [0.29, 0.717) is 16.5 Å². The van der Waals surface area contributed by atoms with Gasteiger partial charge in [0.25, 0.3) is 5.91 Å². The van der Waals surface area contributed by atoms with Crippen LogP contribution < -0.4 is 5.32 Å². The number of nitrogens with one attached hydrogen (secondary N) is 1. The van der Waals surface area contributed by atoms with Crippen molar-refractivity contribution in [3.63, 3.8) is 0 Å². The van der Waals surface area contributed by atoms with Crippen molar-refractivity contribution in [3.8, 4) is 0 Å². The van der Waals surface area contributed by atoms with Crippen molar-refractivity contribution in [2.45, 2.75) is 6.92 Å². The predicted octanol–water partition coefficient (Wildman–Crippen LogP) is 4.09. The first-order chi connectivity index (χ1) is 8.97. The quantitative estimate of drug-likeness (QED) is 0.849. The highest BCUT2D eigenvalue weighted by Crippen LogP contribution is 2.21. The second-order valence-corrected chi connectivity index (χ2v) is 4.64. The fourth-order valence-electron chi connectivity index (χ4n) is 1.53. The third-order valence-corrected chi connectivity index (χ3v) is 3.00. The molecule has 0 saturated carbocycles. The summed E-state index contributed by atoms with van der Waals surface area (Å²) in [7, 11) is 0. The molecule has 0 aliphatic rings. The molecule has 2 aromatic rings. The zero-order valence-corrected chi connectivity index (χ0v) is 11.4. The molecule has 2 rings (SSSR count). The van der Waals surface area contributed by atoms with Crippen LogP contribution in [0.1, 0.15) is 16.1 Å². The molecule has 0 saturated heterocycles. The Balaban J connectivity index is 2.25. The normalized spacial score (nSPS) is 10.3. The maximum absolute atomic E-state index is 12.9. The molecule has 0 unspecified atom stereocenters. The molecule has 1 heterocycles. The first-order valence-electron chi connectivity index (χ1n) is 5.37. The van der Waals surface area contributed by atoms with E-state index in [1.807, 2.05) is 0 Å². The van der Waals surface area contributed by atoms with Gasteiger partial charge in [-0.15, -0.1) is 0 Å². The third-order valence-electron chi connectivity index (χ3n) is 2.48. The Kier molecular flexibility index (Phi) is 4.02. The van der Waals surface area contributed by atoms with Crippen molar-refractivity contribution in [1.29, 1.82) is 0 Å². The summed E-state index contributed by atoms with van der Waals surface area (Å²) in [4.78, 5) is 16.0. The van der Waals surface area contributed by atoms with E-state index in [-0.39, 0.29) is 10.6 Å². The standard InChI is InChI=1S/C13H9Cl2FN2O/c1-7-11(4-5-12(15)17-7)18-13(19)9-3-2-8(16)6-10(9)14/h2-6H,1H3,(H,18,19). The van der Waals surface area contributed by atoms with Crippen LogP contribution in [-0.4, -0.2) is 10.9 Å². The average molecular weight is 299 g/mol. The molecule has 0 spiro atoms. The van der Waals surface area contributed by atoms with Gasteiger partial charge in [0.2, 0.25) is 0 Å².